The quantitative estimate of drug-likeness (QED) is 0.0798. The van der Waals surface area contributed by atoms with E-state index in [2.05, 4.69) is 53.2 Å². The van der Waals surface area contributed by atoms with Gasteiger partial charge >= 0.3 is 5.97 Å². The van der Waals surface area contributed by atoms with Crippen LogP contribution in [0.3, 0.4) is 0 Å². The van der Waals surface area contributed by atoms with Crippen molar-refractivity contribution in [3.63, 3.8) is 0 Å². The fourth-order valence-corrected chi connectivity index (χ4v) is 9.11. The highest BCUT2D eigenvalue weighted by molar-refractivity contribution is 9.09. The highest BCUT2D eigenvalue weighted by Crippen LogP contribution is 2.60. The minimum absolute atomic E-state index is 0.0285. The predicted molar refractivity (Wildman–Crippen MR) is 209 cm³/mol. The third-order valence-electron chi connectivity index (χ3n) is 10.7. The van der Waals surface area contributed by atoms with Crippen LogP contribution in [0.5, 0.6) is 0 Å². The number of hydrogen-bond donors (Lipinski definition) is 2. The smallest absolute Gasteiger partial charge is 0.313 e. The van der Waals surface area contributed by atoms with Crippen LogP contribution in [0.4, 0.5) is 11.4 Å². The van der Waals surface area contributed by atoms with Crippen molar-refractivity contribution >= 4 is 51.0 Å². The lowest BCUT2D eigenvalue weighted by molar-refractivity contribution is -0.160. The Kier molecular flexibility index (Phi) is 13.9. The summed E-state index contributed by atoms with van der Waals surface area (Å²) in [5.41, 5.74) is 1.12. The molecule has 2 aromatic rings. The normalized spacial score (nSPS) is 24.7. The van der Waals surface area contributed by atoms with Gasteiger partial charge in [0.15, 0.2) is 0 Å². The number of aliphatic hydroxyl groups is 1. The molecule has 3 saturated heterocycles. The van der Waals surface area contributed by atoms with E-state index in [1.54, 1.807) is 22.0 Å². The summed E-state index contributed by atoms with van der Waals surface area (Å²) in [6.45, 7) is 14.0. The second-order valence-corrected chi connectivity index (χ2v) is 15.0. The molecule has 3 aliphatic rings. The number of ether oxygens (including phenoxy) is 2. The number of unbranched alkanes of at least 4 members (excludes halogenated alkanes) is 2. The molecule has 1 unspecified atom stereocenters. The molecular weight excluding hydrogens is 740 g/mol. The van der Waals surface area contributed by atoms with Crippen LogP contribution in [0.25, 0.3) is 0 Å². The van der Waals surface area contributed by atoms with Crippen LogP contribution < -0.4 is 15.1 Å². The number of fused-ring (bicyclic) bond motifs is 1. The second kappa shape index (κ2) is 18.4. The molecule has 0 saturated carbocycles. The van der Waals surface area contributed by atoms with Gasteiger partial charge in [0.25, 0.3) is 5.91 Å². The number of esters is 1. The van der Waals surface area contributed by atoms with Gasteiger partial charge in [0.1, 0.15) is 17.7 Å². The maximum Gasteiger partial charge on any atom is 0.313 e. The lowest BCUT2D eigenvalue weighted by atomic mass is 9.70. The molecule has 12 heteroatoms. The maximum atomic E-state index is 15.0. The summed E-state index contributed by atoms with van der Waals surface area (Å²) >= 11 is 3.76. The topological polar surface area (TPSA) is 129 Å². The average molecular weight is 794 g/mol. The van der Waals surface area contributed by atoms with E-state index in [0.717, 1.165) is 18.8 Å². The number of nitrogens with one attached hydrogen (secondary N) is 1. The lowest BCUT2D eigenvalue weighted by Gasteiger charge is -2.37. The standard InChI is InChI=1S/C41H53BrN4O7/c1-5-9-18-33(48)43-27-32(28-16-12-10-13-17-28)52-40(51)34-35-38(49)46(24-14-11-15-25-47)37(41(35)26-31(42)36(34)53-41)39(50)45(23-6-2)30-21-19-29(20-22-30)44(7-3)8-4/h5-6,10,12-13,16-17,19-22,31-32,34-37,47H,1-2,7-9,11,14-15,18,23-27H2,3-4H3,(H,43,48)/t31?,32-,34+,35-,36+,37+,41-/m0/s1. The summed E-state index contributed by atoms with van der Waals surface area (Å²) in [6.07, 6.45) is 4.74. The molecule has 3 aliphatic heterocycles. The number of allylic oxidation sites excluding steroid dienone is 1. The van der Waals surface area contributed by atoms with Crippen LogP contribution in [-0.4, -0.2) is 95.6 Å². The van der Waals surface area contributed by atoms with E-state index in [1.807, 2.05) is 54.6 Å². The number of benzene rings is 2. The number of aliphatic hydroxyl groups excluding tert-OH is 1. The molecule has 3 heterocycles. The number of alkyl halides is 1. The molecule has 3 fully saturated rings. The molecule has 53 heavy (non-hydrogen) atoms. The van der Waals surface area contributed by atoms with E-state index in [9.17, 15) is 24.3 Å². The predicted octanol–water partition coefficient (Wildman–Crippen LogP) is 5.33. The Morgan fingerprint density at radius 3 is 2.40 bits per heavy atom. The van der Waals surface area contributed by atoms with Gasteiger partial charge in [-0.3, -0.25) is 19.2 Å². The summed E-state index contributed by atoms with van der Waals surface area (Å²) in [4.78, 5) is 61.7. The van der Waals surface area contributed by atoms with Crippen molar-refractivity contribution < 1.29 is 33.8 Å². The molecule has 1 spiro atoms. The zero-order valence-electron chi connectivity index (χ0n) is 30.8. The Labute approximate surface area is 321 Å². The van der Waals surface area contributed by atoms with Crippen LogP contribution in [0, 0.1) is 11.8 Å². The van der Waals surface area contributed by atoms with Gasteiger partial charge in [-0.25, -0.2) is 0 Å². The fourth-order valence-electron chi connectivity index (χ4n) is 8.16. The highest BCUT2D eigenvalue weighted by atomic mass is 79.9. The third kappa shape index (κ3) is 8.39. The third-order valence-corrected chi connectivity index (χ3v) is 11.6. The van der Waals surface area contributed by atoms with E-state index in [-0.39, 0.29) is 55.2 Å². The summed E-state index contributed by atoms with van der Waals surface area (Å²) in [6, 6.07) is 16.0. The van der Waals surface area contributed by atoms with Gasteiger partial charge in [-0.2, -0.15) is 0 Å². The largest absolute Gasteiger partial charge is 0.455 e. The van der Waals surface area contributed by atoms with Crippen LogP contribution in [0.15, 0.2) is 79.9 Å². The first-order valence-corrected chi connectivity index (χ1v) is 19.7. The number of hydrogen-bond acceptors (Lipinski definition) is 8. The number of likely N-dealkylation sites (tertiary alicyclic amines) is 1. The summed E-state index contributed by atoms with van der Waals surface area (Å²) in [5.74, 6) is -3.37. The molecule has 2 N–H and O–H groups in total. The first-order valence-electron chi connectivity index (χ1n) is 18.8. The number of amides is 3. The number of carbonyl (C=O) groups is 4. The van der Waals surface area contributed by atoms with Crippen LogP contribution >= 0.6 is 15.9 Å². The molecule has 0 aliphatic carbocycles. The highest BCUT2D eigenvalue weighted by Gasteiger charge is 2.77. The number of nitrogens with zero attached hydrogens (tertiary/aromatic N) is 3. The van der Waals surface area contributed by atoms with Crippen molar-refractivity contribution in [2.24, 2.45) is 11.8 Å². The molecule has 2 bridgehead atoms. The molecule has 7 atom stereocenters. The summed E-state index contributed by atoms with van der Waals surface area (Å²) in [5, 5.41) is 12.3. The Morgan fingerprint density at radius 1 is 1.06 bits per heavy atom. The zero-order valence-corrected chi connectivity index (χ0v) is 32.4. The SMILES string of the molecule is C=CCCC(=O)NC[C@H](OC(=O)[C@H]1[C@@H]2O[C@@]3(CC2Br)[C@@H]1C(=O)N(CCCCCO)[C@@H]3C(=O)N(CC=C)c1ccc(N(CC)CC)cc1)c1ccccc1. The van der Waals surface area contributed by atoms with E-state index < -0.39 is 41.7 Å². The van der Waals surface area contributed by atoms with Crippen molar-refractivity contribution in [2.75, 3.05) is 49.1 Å². The van der Waals surface area contributed by atoms with Crippen LogP contribution in [-0.2, 0) is 28.7 Å². The summed E-state index contributed by atoms with van der Waals surface area (Å²) in [7, 11) is 0. The van der Waals surface area contributed by atoms with Crippen molar-refractivity contribution in [3.8, 4) is 0 Å². The lowest BCUT2D eigenvalue weighted by Crippen LogP contribution is -2.57. The molecule has 3 amide bonds. The molecular formula is C41H53BrN4O7. The van der Waals surface area contributed by atoms with Gasteiger partial charge in [-0.1, -0.05) is 58.4 Å². The Bertz CT molecular complexity index is 1600. The first kappa shape index (κ1) is 40.2. The molecule has 286 valence electrons. The Balaban J connectivity index is 1.47. The van der Waals surface area contributed by atoms with Gasteiger partial charge in [-0.15, -0.1) is 13.2 Å². The monoisotopic (exact) mass is 792 g/mol. The van der Waals surface area contributed by atoms with Crippen molar-refractivity contribution in [1.82, 2.24) is 10.2 Å². The number of rotatable bonds is 20. The molecule has 2 aromatic carbocycles. The molecule has 11 nitrogen and oxygen atoms in total. The van der Waals surface area contributed by atoms with Crippen molar-refractivity contribution in [1.29, 1.82) is 0 Å². The van der Waals surface area contributed by atoms with Crippen LogP contribution in [0.1, 0.15) is 64.0 Å². The molecule has 0 radical (unpaired) electrons. The van der Waals surface area contributed by atoms with Gasteiger partial charge in [0.05, 0.1) is 24.5 Å². The maximum absolute atomic E-state index is 15.0. The van der Waals surface area contributed by atoms with E-state index in [0.29, 0.717) is 43.4 Å². The Morgan fingerprint density at radius 2 is 1.75 bits per heavy atom. The van der Waals surface area contributed by atoms with Crippen molar-refractivity contribution in [2.45, 2.75) is 81.1 Å². The fraction of sp³-hybridized carbons (Fsp3) is 0.512. The second-order valence-electron chi connectivity index (χ2n) is 13.9. The van der Waals surface area contributed by atoms with E-state index in [1.165, 1.54) is 0 Å². The summed E-state index contributed by atoms with van der Waals surface area (Å²) < 4.78 is 12.9. The van der Waals surface area contributed by atoms with Gasteiger partial charge < -0.3 is 34.6 Å². The zero-order chi connectivity index (χ0) is 38.1. The van der Waals surface area contributed by atoms with Crippen LogP contribution in [0.2, 0.25) is 0 Å². The van der Waals surface area contributed by atoms with Gasteiger partial charge in [0, 0.05) is 55.4 Å². The average Bonchev–Trinajstić information content (AvgIpc) is 3.77. The van der Waals surface area contributed by atoms with Gasteiger partial charge in [0.2, 0.25) is 11.8 Å². The number of halogens is 1. The van der Waals surface area contributed by atoms with E-state index in [4.69, 9.17) is 9.47 Å². The first-order chi connectivity index (χ1) is 25.6. The Hall–Kier alpha value is -4.00. The number of carbonyl (C=O) groups excluding carboxylic acids is 4. The van der Waals surface area contributed by atoms with Gasteiger partial charge in [-0.05, 0) is 75.8 Å². The van der Waals surface area contributed by atoms with E-state index >= 15 is 0 Å². The molecule has 5 rings (SSSR count). The van der Waals surface area contributed by atoms with Crippen molar-refractivity contribution in [3.05, 3.63) is 85.5 Å². The molecule has 0 aromatic heterocycles. The number of anilines is 2. The minimum Gasteiger partial charge on any atom is -0.455 e. The minimum atomic E-state index is -1.28.